The first-order valence-electron chi connectivity index (χ1n) is 13.0. The van der Waals surface area contributed by atoms with Crippen LogP contribution in [0.3, 0.4) is 0 Å². The predicted octanol–water partition coefficient (Wildman–Crippen LogP) is 3.15. The molecule has 4 aliphatic carbocycles. The standard InChI is InChI=1S/C29H30F2N2O5/c1-26-7-6-19(35)10-22(26)23(30)11-21-20-9-17-14-33(18-5-3-4-16(8-18)13-32)38-29(17,25(37)15-34)27(20,2)12-24(36)28(21,26)31/h3-8,10,17,20-21,23-24,34,36H,9,11-12,14-15H2,1-2H3/t17-,20-,21-,23-,24-,26-,27-,28-,29-/m0/s1. The summed E-state index contributed by atoms with van der Waals surface area (Å²) in [5.74, 6) is -2.89. The van der Waals surface area contributed by atoms with Gasteiger partial charge in [-0.3, -0.25) is 19.5 Å². The highest BCUT2D eigenvalue weighted by Crippen LogP contribution is 2.72. The maximum absolute atomic E-state index is 17.4. The summed E-state index contributed by atoms with van der Waals surface area (Å²) in [7, 11) is 0. The van der Waals surface area contributed by atoms with E-state index in [0.29, 0.717) is 17.7 Å². The smallest absolute Gasteiger partial charge is 0.193 e. The van der Waals surface area contributed by atoms with Crippen molar-refractivity contribution in [3.8, 4) is 6.07 Å². The van der Waals surface area contributed by atoms with Crippen molar-refractivity contribution in [2.24, 2.45) is 28.6 Å². The second kappa shape index (κ2) is 8.04. The van der Waals surface area contributed by atoms with E-state index in [4.69, 9.17) is 4.84 Å². The summed E-state index contributed by atoms with van der Waals surface area (Å²) in [6.07, 6.45) is 0.601. The number of carbonyl (C=O) groups excluding carboxylic acids is 2. The Kier molecular flexibility index (Phi) is 5.37. The molecule has 1 aromatic rings. The quantitative estimate of drug-likeness (QED) is 0.625. The van der Waals surface area contributed by atoms with Gasteiger partial charge in [0.25, 0.3) is 0 Å². The number of aliphatic hydroxyl groups excluding tert-OH is 2. The first kappa shape index (κ1) is 25.4. The lowest BCUT2D eigenvalue weighted by Crippen LogP contribution is -2.70. The Bertz CT molecular complexity index is 1340. The van der Waals surface area contributed by atoms with Crippen molar-refractivity contribution in [1.82, 2.24) is 0 Å². The van der Waals surface area contributed by atoms with E-state index in [0.717, 1.165) is 6.08 Å². The van der Waals surface area contributed by atoms with Crippen molar-refractivity contribution < 1.29 is 33.4 Å². The average molecular weight is 525 g/mol. The molecule has 3 saturated carbocycles. The van der Waals surface area contributed by atoms with E-state index in [9.17, 15) is 25.1 Å². The Balaban J connectivity index is 1.44. The van der Waals surface area contributed by atoms with Gasteiger partial charge in [-0.15, -0.1) is 0 Å². The SMILES string of the molecule is C[C@]12C=CC(=O)C=C1[C@@H](F)C[C@H]1[C@@H]3C[C@H]4CN(c5cccc(C#N)c5)O[C@@]4(C(=O)CO)[C@@]3(C)C[C@H](O)[C@@]12F. The van der Waals surface area contributed by atoms with Crippen molar-refractivity contribution in [2.75, 3.05) is 18.2 Å². The molecule has 0 bridgehead atoms. The fourth-order valence-corrected chi connectivity index (χ4v) is 8.75. The molecule has 0 amide bonds. The van der Waals surface area contributed by atoms with Crippen LogP contribution in [0.1, 0.15) is 38.7 Å². The number of nitriles is 1. The van der Waals surface area contributed by atoms with Gasteiger partial charge in [0.05, 0.1) is 30.0 Å². The van der Waals surface area contributed by atoms with E-state index in [1.807, 2.05) is 0 Å². The summed E-state index contributed by atoms with van der Waals surface area (Å²) < 4.78 is 33.1. The van der Waals surface area contributed by atoms with Crippen molar-refractivity contribution in [1.29, 1.82) is 5.26 Å². The number of alkyl halides is 2. The molecule has 9 atom stereocenters. The third kappa shape index (κ3) is 2.86. The van der Waals surface area contributed by atoms with Crippen LogP contribution in [0.15, 0.2) is 48.1 Å². The normalized spacial score (nSPS) is 45.0. The van der Waals surface area contributed by atoms with Crippen LogP contribution in [0.25, 0.3) is 0 Å². The Labute approximate surface area is 219 Å². The molecule has 9 heteroatoms. The molecule has 1 saturated heterocycles. The van der Waals surface area contributed by atoms with Gasteiger partial charge >= 0.3 is 0 Å². The number of rotatable bonds is 3. The van der Waals surface area contributed by atoms with E-state index in [2.05, 4.69) is 6.07 Å². The maximum Gasteiger partial charge on any atom is 0.193 e. The van der Waals surface area contributed by atoms with E-state index >= 15 is 8.78 Å². The van der Waals surface area contributed by atoms with Crippen molar-refractivity contribution in [3.63, 3.8) is 0 Å². The number of hydrogen-bond donors (Lipinski definition) is 2. The maximum atomic E-state index is 17.4. The van der Waals surface area contributed by atoms with E-state index in [-0.39, 0.29) is 25.0 Å². The lowest BCUT2D eigenvalue weighted by atomic mass is 9.44. The fourth-order valence-electron chi connectivity index (χ4n) is 8.75. The zero-order chi connectivity index (χ0) is 27.3. The van der Waals surface area contributed by atoms with Crippen LogP contribution in [0.5, 0.6) is 0 Å². The average Bonchev–Trinajstić information content (AvgIpc) is 3.40. The van der Waals surface area contributed by atoms with Crippen LogP contribution < -0.4 is 5.06 Å². The molecule has 0 unspecified atom stereocenters. The fraction of sp³-hybridized carbons (Fsp3) is 0.552. The first-order valence-corrected chi connectivity index (χ1v) is 13.0. The number of carbonyl (C=O) groups is 2. The highest BCUT2D eigenvalue weighted by atomic mass is 19.1. The minimum atomic E-state index is -2.26. The Morgan fingerprint density at radius 3 is 2.76 bits per heavy atom. The summed E-state index contributed by atoms with van der Waals surface area (Å²) in [4.78, 5) is 32.0. The van der Waals surface area contributed by atoms with Gasteiger partial charge in [-0.1, -0.05) is 19.1 Å². The lowest BCUT2D eigenvalue weighted by Gasteiger charge is -2.63. The second-order valence-corrected chi connectivity index (χ2v) is 11.9. The molecule has 2 N–H and O–H groups in total. The van der Waals surface area contributed by atoms with Crippen LogP contribution in [-0.2, 0) is 14.4 Å². The van der Waals surface area contributed by atoms with Crippen molar-refractivity contribution in [2.45, 2.75) is 56.7 Å². The molecule has 1 aliphatic heterocycles. The van der Waals surface area contributed by atoms with Gasteiger partial charge in [0.2, 0.25) is 0 Å². The number of hydrogen-bond acceptors (Lipinski definition) is 7. The van der Waals surface area contributed by atoms with Gasteiger partial charge in [-0.25, -0.2) is 8.78 Å². The number of allylic oxidation sites excluding steroid dienone is 4. The molecule has 4 fully saturated rings. The zero-order valence-electron chi connectivity index (χ0n) is 21.2. The van der Waals surface area contributed by atoms with Gasteiger partial charge < -0.3 is 10.2 Å². The molecule has 5 aliphatic rings. The molecule has 38 heavy (non-hydrogen) atoms. The van der Waals surface area contributed by atoms with Crippen molar-refractivity contribution >= 4 is 17.3 Å². The Morgan fingerprint density at radius 2 is 2.05 bits per heavy atom. The monoisotopic (exact) mass is 524 g/mol. The Hall–Kier alpha value is -2.93. The number of Topliss-reactive ketones (excluding diaryl/α,β-unsaturated/α-hetero) is 1. The molecule has 0 aromatic heterocycles. The molecule has 0 spiro atoms. The number of halogens is 2. The van der Waals surface area contributed by atoms with E-state index in [1.54, 1.807) is 36.3 Å². The molecular formula is C29H30F2N2O5. The largest absolute Gasteiger partial charge is 0.390 e. The van der Waals surface area contributed by atoms with Crippen LogP contribution >= 0.6 is 0 Å². The number of aliphatic hydroxyl groups is 2. The van der Waals surface area contributed by atoms with E-state index < -0.39 is 70.3 Å². The highest BCUT2D eigenvalue weighted by molar-refractivity contribution is 6.01. The number of hydroxylamine groups is 1. The van der Waals surface area contributed by atoms with Crippen LogP contribution in [0.4, 0.5) is 14.5 Å². The zero-order valence-corrected chi connectivity index (χ0v) is 21.2. The number of fused-ring (bicyclic) bond motifs is 7. The summed E-state index contributed by atoms with van der Waals surface area (Å²) in [6, 6.07) is 8.83. The van der Waals surface area contributed by atoms with Gasteiger partial charge in [-0.2, -0.15) is 5.26 Å². The number of anilines is 1. The van der Waals surface area contributed by atoms with Gasteiger partial charge in [0.15, 0.2) is 22.8 Å². The summed E-state index contributed by atoms with van der Waals surface area (Å²) >= 11 is 0. The number of ketones is 2. The molecule has 200 valence electrons. The topological polar surface area (TPSA) is 111 Å². The Morgan fingerprint density at radius 1 is 1.29 bits per heavy atom. The molecule has 6 rings (SSSR count). The first-order chi connectivity index (χ1) is 18.0. The van der Waals surface area contributed by atoms with Crippen LogP contribution in [-0.4, -0.2) is 58.5 Å². The molecule has 1 heterocycles. The second-order valence-electron chi connectivity index (χ2n) is 11.9. The third-order valence-electron chi connectivity index (χ3n) is 10.4. The molecule has 0 radical (unpaired) electrons. The molecule has 1 aromatic carbocycles. The van der Waals surface area contributed by atoms with Gasteiger partial charge in [0.1, 0.15) is 12.8 Å². The lowest BCUT2D eigenvalue weighted by molar-refractivity contribution is -0.228. The van der Waals surface area contributed by atoms with Gasteiger partial charge in [0, 0.05) is 22.7 Å². The van der Waals surface area contributed by atoms with Gasteiger partial charge in [-0.05, 0) is 68.0 Å². The summed E-state index contributed by atoms with van der Waals surface area (Å²) in [5, 5.41) is 32.5. The summed E-state index contributed by atoms with van der Waals surface area (Å²) in [5.41, 5.74) is -5.40. The minimum absolute atomic E-state index is 0.0468. The summed E-state index contributed by atoms with van der Waals surface area (Å²) in [6.45, 7) is 2.78. The molecular weight excluding hydrogens is 494 g/mol. The number of benzene rings is 1. The highest BCUT2D eigenvalue weighted by Gasteiger charge is 2.79. The molecule has 7 nitrogen and oxygen atoms in total. The van der Waals surface area contributed by atoms with Crippen molar-refractivity contribution in [3.05, 3.63) is 53.6 Å². The van der Waals surface area contributed by atoms with Crippen LogP contribution in [0.2, 0.25) is 0 Å². The van der Waals surface area contributed by atoms with E-state index in [1.165, 1.54) is 19.1 Å². The predicted molar refractivity (Wildman–Crippen MR) is 132 cm³/mol. The number of nitrogens with zero attached hydrogens (tertiary/aromatic N) is 2. The third-order valence-corrected chi connectivity index (χ3v) is 10.4. The van der Waals surface area contributed by atoms with Crippen LogP contribution in [0, 0.1) is 39.9 Å². The minimum Gasteiger partial charge on any atom is -0.390 e.